The Bertz CT molecular complexity index is 620. The van der Waals surface area contributed by atoms with Gasteiger partial charge in [-0.3, -0.25) is 0 Å². The molecule has 2 aromatic carbocycles. The molecule has 0 saturated carbocycles. The predicted molar refractivity (Wildman–Crippen MR) is 85.4 cm³/mol. The van der Waals surface area contributed by atoms with Crippen LogP contribution in [0.4, 0.5) is 0 Å². The molecule has 0 saturated heterocycles. The molecule has 0 atom stereocenters. The second kappa shape index (κ2) is 7.64. The van der Waals surface area contributed by atoms with Gasteiger partial charge >= 0.3 is 5.97 Å². The van der Waals surface area contributed by atoms with Crippen molar-refractivity contribution in [2.45, 2.75) is 6.61 Å². The topological polar surface area (TPSA) is 35.5 Å². The second-order valence-corrected chi connectivity index (χ2v) is 5.25. The molecule has 2 rings (SSSR count). The van der Waals surface area contributed by atoms with Crippen LogP contribution in [0.2, 0.25) is 0 Å². The largest absolute Gasteiger partial charge is 0.489 e. The van der Waals surface area contributed by atoms with Crippen molar-refractivity contribution < 1.29 is 14.3 Å². The van der Waals surface area contributed by atoms with Crippen molar-refractivity contribution >= 4 is 21.9 Å². The smallest absolute Gasteiger partial charge is 0.338 e. The van der Waals surface area contributed by atoms with Gasteiger partial charge in [0.05, 0.1) is 5.56 Å². The van der Waals surface area contributed by atoms with Crippen LogP contribution in [0.5, 0.6) is 5.75 Å². The lowest BCUT2D eigenvalue weighted by molar-refractivity contribution is 0.0549. The first-order chi connectivity index (χ1) is 10.2. The van der Waals surface area contributed by atoms with E-state index in [1.165, 1.54) is 6.08 Å². The summed E-state index contributed by atoms with van der Waals surface area (Å²) in [7, 11) is 0. The summed E-state index contributed by atoms with van der Waals surface area (Å²) in [6.45, 7) is 4.18. The average molecular weight is 347 g/mol. The van der Waals surface area contributed by atoms with Gasteiger partial charge in [-0.25, -0.2) is 4.79 Å². The number of halogens is 1. The van der Waals surface area contributed by atoms with Crippen molar-refractivity contribution in [2.24, 2.45) is 0 Å². The van der Waals surface area contributed by atoms with Crippen molar-refractivity contribution in [3.05, 3.63) is 76.8 Å². The molecule has 0 aliphatic carbocycles. The Morgan fingerprint density at radius 2 is 1.95 bits per heavy atom. The van der Waals surface area contributed by atoms with Gasteiger partial charge in [0.1, 0.15) is 19.0 Å². The van der Waals surface area contributed by atoms with Crippen LogP contribution in [0.15, 0.2) is 65.7 Å². The minimum absolute atomic E-state index is 0.208. The first-order valence-corrected chi connectivity index (χ1v) is 7.23. The number of carbonyl (C=O) groups excluding carboxylic acids is 1. The van der Waals surface area contributed by atoms with E-state index in [-0.39, 0.29) is 12.6 Å². The molecule has 4 heteroatoms. The highest BCUT2D eigenvalue weighted by molar-refractivity contribution is 9.10. The number of esters is 1. The van der Waals surface area contributed by atoms with Crippen LogP contribution >= 0.6 is 15.9 Å². The van der Waals surface area contributed by atoms with Crippen molar-refractivity contribution in [1.29, 1.82) is 0 Å². The molecule has 3 nitrogen and oxygen atoms in total. The maximum atomic E-state index is 11.6. The maximum absolute atomic E-state index is 11.6. The van der Waals surface area contributed by atoms with Gasteiger partial charge < -0.3 is 9.47 Å². The van der Waals surface area contributed by atoms with Gasteiger partial charge in [-0.15, -0.1) is 0 Å². The molecule has 0 unspecified atom stereocenters. The Morgan fingerprint density at radius 1 is 1.19 bits per heavy atom. The summed E-state index contributed by atoms with van der Waals surface area (Å²) < 4.78 is 11.6. The number of carbonyl (C=O) groups is 1. The zero-order chi connectivity index (χ0) is 15.1. The van der Waals surface area contributed by atoms with E-state index in [0.717, 1.165) is 10.0 Å². The van der Waals surface area contributed by atoms with E-state index in [1.807, 2.05) is 24.3 Å². The van der Waals surface area contributed by atoms with Gasteiger partial charge in [-0.1, -0.05) is 40.7 Å². The lowest BCUT2D eigenvalue weighted by Gasteiger charge is -2.07. The molecular formula is C17H15BrO3. The number of rotatable bonds is 6. The van der Waals surface area contributed by atoms with Crippen LogP contribution in [0.1, 0.15) is 15.9 Å². The molecule has 0 heterocycles. The highest BCUT2D eigenvalue weighted by atomic mass is 79.9. The molecule has 0 amide bonds. The van der Waals surface area contributed by atoms with Gasteiger partial charge in [-0.2, -0.15) is 0 Å². The van der Waals surface area contributed by atoms with Crippen molar-refractivity contribution in [2.75, 3.05) is 6.61 Å². The molecule has 0 aromatic heterocycles. The molecule has 108 valence electrons. The molecule has 0 aliphatic rings. The lowest BCUT2D eigenvalue weighted by Crippen LogP contribution is -2.04. The molecule has 0 bridgehead atoms. The maximum Gasteiger partial charge on any atom is 0.338 e. The van der Waals surface area contributed by atoms with Crippen LogP contribution < -0.4 is 4.74 Å². The lowest BCUT2D eigenvalue weighted by atomic mass is 10.2. The standard InChI is InChI=1S/C17H15BrO3/c1-2-10-20-17(19)14-6-8-16(9-7-14)21-12-13-4-3-5-15(18)11-13/h2-9,11H,1,10,12H2. The van der Waals surface area contributed by atoms with E-state index in [0.29, 0.717) is 17.9 Å². The highest BCUT2D eigenvalue weighted by Gasteiger charge is 2.06. The fourth-order valence-electron chi connectivity index (χ4n) is 1.70. The van der Waals surface area contributed by atoms with Crippen molar-refractivity contribution in [3.8, 4) is 5.75 Å². The second-order valence-electron chi connectivity index (χ2n) is 4.33. The van der Waals surface area contributed by atoms with Gasteiger partial charge in [0.15, 0.2) is 0 Å². The Morgan fingerprint density at radius 3 is 2.62 bits per heavy atom. The Labute approximate surface area is 132 Å². The van der Waals surface area contributed by atoms with Crippen LogP contribution in [0, 0.1) is 0 Å². The van der Waals surface area contributed by atoms with E-state index >= 15 is 0 Å². The highest BCUT2D eigenvalue weighted by Crippen LogP contribution is 2.17. The van der Waals surface area contributed by atoms with Gasteiger partial charge in [-0.05, 0) is 42.0 Å². The first kappa shape index (κ1) is 15.3. The predicted octanol–water partition coefficient (Wildman–Crippen LogP) is 4.37. The summed E-state index contributed by atoms with van der Waals surface area (Å²) in [6, 6.07) is 14.8. The van der Waals surface area contributed by atoms with E-state index in [2.05, 4.69) is 22.5 Å². The summed E-state index contributed by atoms with van der Waals surface area (Å²) in [6.07, 6.45) is 1.54. The molecule has 0 radical (unpaired) electrons. The molecule has 21 heavy (non-hydrogen) atoms. The molecule has 0 fully saturated rings. The number of benzene rings is 2. The molecule has 0 aliphatic heterocycles. The van der Waals surface area contributed by atoms with E-state index in [9.17, 15) is 4.79 Å². The SMILES string of the molecule is C=CCOC(=O)c1ccc(OCc2cccc(Br)c2)cc1. The molecule has 0 N–H and O–H groups in total. The monoisotopic (exact) mass is 346 g/mol. The normalized spacial score (nSPS) is 9.95. The van der Waals surface area contributed by atoms with Gasteiger partial charge in [0, 0.05) is 4.47 Å². The molecule has 2 aromatic rings. The van der Waals surface area contributed by atoms with Crippen LogP contribution in [-0.4, -0.2) is 12.6 Å². The number of hydrogen-bond acceptors (Lipinski definition) is 3. The zero-order valence-electron chi connectivity index (χ0n) is 11.4. The first-order valence-electron chi connectivity index (χ1n) is 6.44. The number of ether oxygens (including phenoxy) is 2. The summed E-state index contributed by atoms with van der Waals surface area (Å²) in [5.74, 6) is 0.337. The van der Waals surface area contributed by atoms with E-state index in [4.69, 9.17) is 9.47 Å². The average Bonchev–Trinajstić information content (AvgIpc) is 2.51. The summed E-state index contributed by atoms with van der Waals surface area (Å²) >= 11 is 3.42. The Balaban J connectivity index is 1.93. The number of hydrogen-bond donors (Lipinski definition) is 0. The van der Waals surface area contributed by atoms with Crippen molar-refractivity contribution in [1.82, 2.24) is 0 Å². The minimum Gasteiger partial charge on any atom is -0.489 e. The molecular weight excluding hydrogens is 332 g/mol. The fraction of sp³-hybridized carbons (Fsp3) is 0.118. The summed E-state index contributed by atoms with van der Waals surface area (Å²) in [4.78, 5) is 11.6. The Hall–Kier alpha value is -2.07. The quantitative estimate of drug-likeness (QED) is 0.575. The van der Waals surface area contributed by atoms with Gasteiger partial charge in [0.25, 0.3) is 0 Å². The van der Waals surface area contributed by atoms with E-state index < -0.39 is 0 Å². The third kappa shape index (κ3) is 4.76. The summed E-state index contributed by atoms with van der Waals surface area (Å²) in [5.41, 5.74) is 1.56. The van der Waals surface area contributed by atoms with E-state index in [1.54, 1.807) is 24.3 Å². The third-order valence-electron chi connectivity index (χ3n) is 2.72. The molecule has 0 spiro atoms. The Kier molecular flexibility index (Phi) is 5.58. The third-order valence-corrected chi connectivity index (χ3v) is 3.21. The van der Waals surface area contributed by atoms with Crippen LogP contribution in [0.25, 0.3) is 0 Å². The van der Waals surface area contributed by atoms with Gasteiger partial charge in [0.2, 0.25) is 0 Å². The summed E-state index contributed by atoms with van der Waals surface area (Å²) in [5, 5.41) is 0. The zero-order valence-corrected chi connectivity index (χ0v) is 13.0. The minimum atomic E-state index is -0.367. The van der Waals surface area contributed by atoms with Crippen molar-refractivity contribution in [3.63, 3.8) is 0 Å². The fourth-order valence-corrected chi connectivity index (χ4v) is 2.15. The van der Waals surface area contributed by atoms with Crippen LogP contribution in [-0.2, 0) is 11.3 Å². The van der Waals surface area contributed by atoms with Crippen LogP contribution in [0.3, 0.4) is 0 Å².